The van der Waals surface area contributed by atoms with Gasteiger partial charge >= 0.3 is 12.1 Å². The average Bonchev–Trinajstić information content (AvgIpc) is 2.81. The van der Waals surface area contributed by atoms with Gasteiger partial charge < -0.3 is 14.6 Å². The van der Waals surface area contributed by atoms with Gasteiger partial charge in [0.05, 0.1) is 6.04 Å². The molecule has 0 spiro atoms. The first-order valence-electron chi connectivity index (χ1n) is 10.3. The van der Waals surface area contributed by atoms with Crippen LogP contribution in [-0.4, -0.2) is 35.2 Å². The van der Waals surface area contributed by atoms with Gasteiger partial charge in [-0.15, -0.1) is 0 Å². The van der Waals surface area contributed by atoms with Crippen molar-refractivity contribution in [3.63, 3.8) is 0 Å². The zero-order chi connectivity index (χ0) is 23.4. The van der Waals surface area contributed by atoms with Gasteiger partial charge in [-0.3, -0.25) is 4.90 Å². The number of carbonyl (C=O) groups is 2. The van der Waals surface area contributed by atoms with Gasteiger partial charge in [-0.1, -0.05) is 48.0 Å². The van der Waals surface area contributed by atoms with Crippen molar-refractivity contribution in [3.8, 4) is 5.75 Å². The number of nitrogens with zero attached hydrogens (tertiary/aromatic N) is 1. The standard InChI is InChI=1S/C25H21ClFNO5/c26-18-8-9-22(32-15-23(29)30)21(13-18)24-20-7-2-1-5-17(20)10-11-28(24)25(31)33-14-16-4-3-6-19(27)12-16/h1-9,12-13,24H,10-11,14-15H2,(H,29,30). The van der Waals surface area contributed by atoms with E-state index in [0.717, 1.165) is 11.1 Å². The van der Waals surface area contributed by atoms with Crippen LogP contribution in [-0.2, 0) is 22.6 Å². The molecule has 3 aromatic rings. The highest BCUT2D eigenvalue weighted by atomic mass is 35.5. The molecule has 3 aromatic carbocycles. The lowest BCUT2D eigenvalue weighted by molar-refractivity contribution is -0.139. The van der Waals surface area contributed by atoms with Crippen molar-refractivity contribution in [2.45, 2.75) is 19.1 Å². The van der Waals surface area contributed by atoms with E-state index >= 15 is 0 Å². The molecule has 1 unspecified atom stereocenters. The van der Waals surface area contributed by atoms with Crippen LogP contribution in [0.1, 0.15) is 28.3 Å². The SMILES string of the molecule is O=C(O)COc1ccc(Cl)cc1C1c2ccccc2CCN1C(=O)OCc1cccc(F)c1. The van der Waals surface area contributed by atoms with Crippen molar-refractivity contribution >= 4 is 23.7 Å². The van der Waals surface area contributed by atoms with Crippen molar-refractivity contribution in [1.82, 2.24) is 4.90 Å². The highest BCUT2D eigenvalue weighted by Gasteiger charge is 2.35. The Labute approximate surface area is 195 Å². The number of halogens is 2. The fraction of sp³-hybridized carbons (Fsp3) is 0.200. The third-order valence-corrected chi connectivity index (χ3v) is 5.62. The second-order valence-corrected chi connectivity index (χ2v) is 8.03. The summed E-state index contributed by atoms with van der Waals surface area (Å²) in [6.07, 6.45) is 0.0380. The number of fused-ring (bicyclic) bond motifs is 1. The van der Waals surface area contributed by atoms with E-state index in [0.29, 0.717) is 34.9 Å². The summed E-state index contributed by atoms with van der Waals surface area (Å²) in [6.45, 7) is -0.249. The molecule has 1 aliphatic heterocycles. The molecule has 1 N–H and O–H groups in total. The molecule has 0 bridgehead atoms. The minimum atomic E-state index is -1.12. The second kappa shape index (κ2) is 9.92. The lowest BCUT2D eigenvalue weighted by Crippen LogP contribution is -2.41. The van der Waals surface area contributed by atoms with Gasteiger partial charge in [0.25, 0.3) is 0 Å². The van der Waals surface area contributed by atoms with Gasteiger partial charge in [-0.25, -0.2) is 14.0 Å². The zero-order valence-corrected chi connectivity index (χ0v) is 18.3. The molecule has 4 rings (SSSR count). The number of carboxylic acid groups (broad SMARTS) is 1. The van der Waals surface area contributed by atoms with Gasteiger partial charge in [-0.05, 0) is 53.4 Å². The molecule has 6 nitrogen and oxygen atoms in total. The molecule has 0 aliphatic carbocycles. The topological polar surface area (TPSA) is 76.1 Å². The third-order valence-electron chi connectivity index (χ3n) is 5.39. The van der Waals surface area contributed by atoms with E-state index < -0.39 is 30.5 Å². The Kier molecular flexibility index (Phi) is 6.79. The van der Waals surface area contributed by atoms with E-state index in [2.05, 4.69) is 0 Å². The highest BCUT2D eigenvalue weighted by Crippen LogP contribution is 2.40. The molecule has 0 saturated carbocycles. The van der Waals surface area contributed by atoms with E-state index in [1.807, 2.05) is 24.3 Å². The van der Waals surface area contributed by atoms with E-state index in [9.17, 15) is 14.0 Å². The van der Waals surface area contributed by atoms with Crippen molar-refractivity contribution in [3.05, 3.63) is 99.8 Å². The molecule has 0 saturated heterocycles. The maximum absolute atomic E-state index is 13.5. The van der Waals surface area contributed by atoms with Crippen LogP contribution in [0.2, 0.25) is 5.02 Å². The number of rotatable bonds is 6. The first kappa shape index (κ1) is 22.6. The molecule has 0 aromatic heterocycles. The minimum Gasteiger partial charge on any atom is -0.482 e. The number of hydrogen-bond donors (Lipinski definition) is 1. The smallest absolute Gasteiger partial charge is 0.410 e. The molecule has 1 amide bonds. The summed E-state index contributed by atoms with van der Waals surface area (Å²) in [6, 6.07) is 17.8. The Morgan fingerprint density at radius 1 is 1.06 bits per heavy atom. The maximum Gasteiger partial charge on any atom is 0.410 e. The van der Waals surface area contributed by atoms with Gasteiger partial charge in [0.1, 0.15) is 18.2 Å². The Morgan fingerprint density at radius 2 is 1.88 bits per heavy atom. The largest absolute Gasteiger partial charge is 0.482 e. The molecular formula is C25H21ClFNO5. The summed E-state index contributed by atoms with van der Waals surface area (Å²) >= 11 is 6.27. The number of carboxylic acids is 1. The van der Waals surface area contributed by atoms with E-state index in [-0.39, 0.29) is 6.61 Å². The molecule has 1 aliphatic rings. The van der Waals surface area contributed by atoms with Crippen molar-refractivity contribution < 1.29 is 28.6 Å². The summed E-state index contributed by atoms with van der Waals surface area (Å²) in [5.41, 5.74) is 3.01. The minimum absolute atomic E-state index is 0.0840. The molecule has 0 fully saturated rings. The zero-order valence-electron chi connectivity index (χ0n) is 17.5. The number of aliphatic carboxylic acids is 1. The molecule has 1 heterocycles. The Balaban J connectivity index is 1.68. The Morgan fingerprint density at radius 3 is 2.67 bits per heavy atom. The molecular weight excluding hydrogens is 449 g/mol. The number of ether oxygens (including phenoxy) is 2. The van der Waals surface area contributed by atoms with Crippen molar-refractivity contribution in [2.24, 2.45) is 0 Å². The highest BCUT2D eigenvalue weighted by molar-refractivity contribution is 6.30. The van der Waals surface area contributed by atoms with Gasteiger partial charge in [0.15, 0.2) is 6.61 Å². The summed E-state index contributed by atoms with van der Waals surface area (Å²) in [5.74, 6) is -1.22. The maximum atomic E-state index is 13.5. The monoisotopic (exact) mass is 469 g/mol. The fourth-order valence-electron chi connectivity index (χ4n) is 3.96. The first-order valence-corrected chi connectivity index (χ1v) is 10.7. The van der Waals surface area contributed by atoms with Crippen LogP contribution in [0.4, 0.5) is 9.18 Å². The van der Waals surface area contributed by atoms with Crippen LogP contribution in [0.15, 0.2) is 66.7 Å². The number of hydrogen-bond acceptors (Lipinski definition) is 4. The predicted octanol–water partition coefficient (Wildman–Crippen LogP) is 5.23. The first-order chi connectivity index (χ1) is 15.9. The van der Waals surface area contributed by atoms with Crippen LogP contribution in [0.3, 0.4) is 0 Å². The van der Waals surface area contributed by atoms with Gasteiger partial charge in [0.2, 0.25) is 0 Å². The third kappa shape index (κ3) is 5.26. The van der Waals surface area contributed by atoms with Gasteiger partial charge in [0, 0.05) is 17.1 Å². The molecule has 0 radical (unpaired) electrons. The summed E-state index contributed by atoms with van der Waals surface area (Å²) in [5, 5.41) is 9.48. The van der Waals surface area contributed by atoms with Crippen molar-refractivity contribution in [2.75, 3.05) is 13.2 Å². The van der Waals surface area contributed by atoms with Crippen LogP contribution in [0.5, 0.6) is 5.75 Å². The number of amides is 1. The number of benzene rings is 3. The Hall–Kier alpha value is -3.58. The lowest BCUT2D eigenvalue weighted by atomic mass is 9.88. The average molecular weight is 470 g/mol. The fourth-order valence-corrected chi connectivity index (χ4v) is 4.14. The van der Waals surface area contributed by atoms with Crippen LogP contribution in [0, 0.1) is 5.82 Å². The van der Waals surface area contributed by atoms with Gasteiger partial charge in [-0.2, -0.15) is 0 Å². The van der Waals surface area contributed by atoms with E-state index in [1.54, 1.807) is 35.2 Å². The summed E-state index contributed by atoms with van der Waals surface area (Å²) in [7, 11) is 0. The summed E-state index contributed by atoms with van der Waals surface area (Å²) in [4.78, 5) is 25.8. The molecule has 8 heteroatoms. The van der Waals surface area contributed by atoms with E-state index in [1.165, 1.54) is 12.1 Å². The van der Waals surface area contributed by atoms with Crippen LogP contribution in [0.25, 0.3) is 0 Å². The van der Waals surface area contributed by atoms with Crippen LogP contribution >= 0.6 is 11.6 Å². The van der Waals surface area contributed by atoms with E-state index in [4.69, 9.17) is 26.2 Å². The lowest BCUT2D eigenvalue weighted by Gasteiger charge is -2.37. The predicted molar refractivity (Wildman–Crippen MR) is 120 cm³/mol. The Bertz CT molecular complexity index is 1180. The molecule has 170 valence electrons. The van der Waals surface area contributed by atoms with Crippen LogP contribution < -0.4 is 4.74 Å². The quantitative estimate of drug-likeness (QED) is 0.535. The van der Waals surface area contributed by atoms with Crippen molar-refractivity contribution in [1.29, 1.82) is 0 Å². The normalized spacial score (nSPS) is 15.0. The molecule has 33 heavy (non-hydrogen) atoms. The summed E-state index contributed by atoms with van der Waals surface area (Å²) < 4.78 is 24.5. The number of carbonyl (C=O) groups excluding carboxylic acids is 1. The molecule has 1 atom stereocenters. The second-order valence-electron chi connectivity index (χ2n) is 7.59.